The molecule has 1 nitrogen and oxygen atoms in total. The van der Waals surface area contributed by atoms with Crippen molar-refractivity contribution in [3.05, 3.63) is 69.2 Å². The lowest BCUT2D eigenvalue weighted by Crippen LogP contribution is -2.16. The molecule has 0 amide bonds. The molecule has 0 bridgehead atoms. The Morgan fingerprint density at radius 1 is 0.821 bits per heavy atom. The number of nitrogens with one attached hydrogen (secondary N) is 1. The Kier molecular flexibility index (Phi) is 11.1. The molecule has 0 aliphatic heterocycles. The third-order valence-corrected chi connectivity index (χ3v) is 5.48. The van der Waals surface area contributed by atoms with Crippen LogP contribution in [0.4, 0.5) is 0 Å². The summed E-state index contributed by atoms with van der Waals surface area (Å²) in [7, 11) is 0. The largest absolute Gasteiger partial charge is 0.312 e. The molecule has 2 aromatic carbocycles. The third-order valence-electron chi connectivity index (χ3n) is 4.75. The maximum absolute atomic E-state index is 6.05. The second-order valence-electron chi connectivity index (χ2n) is 7.19. The number of halogens is 2. The molecular formula is C25H31Cl2N. The zero-order valence-electron chi connectivity index (χ0n) is 16.9. The van der Waals surface area contributed by atoms with E-state index < -0.39 is 0 Å². The van der Waals surface area contributed by atoms with Crippen LogP contribution in [-0.4, -0.2) is 6.54 Å². The molecule has 0 heterocycles. The molecule has 0 spiro atoms. The van der Waals surface area contributed by atoms with Crippen LogP contribution < -0.4 is 5.32 Å². The average Bonchev–Trinajstić information content (AvgIpc) is 2.71. The summed E-state index contributed by atoms with van der Waals surface area (Å²) in [6, 6.07) is 14.3. The van der Waals surface area contributed by atoms with Crippen LogP contribution in [0.5, 0.6) is 0 Å². The monoisotopic (exact) mass is 415 g/mol. The Morgan fingerprint density at radius 3 is 2.29 bits per heavy atom. The van der Waals surface area contributed by atoms with Gasteiger partial charge in [0, 0.05) is 18.5 Å². The Morgan fingerprint density at radius 2 is 1.54 bits per heavy atom. The molecule has 0 saturated heterocycles. The predicted octanol–water partition coefficient (Wildman–Crippen LogP) is 7.43. The van der Waals surface area contributed by atoms with Gasteiger partial charge >= 0.3 is 0 Å². The summed E-state index contributed by atoms with van der Waals surface area (Å²) in [5, 5.41) is 4.70. The molecular weight excluding hydrogens is 385 g/mol. The van der Waals surface area contributed by atoms with Crippen molar-refractivity contribution in [1.82, 2.24) is 5.32 Å². The molecule has 1 N–H and O–H groups in total. The highest BCUT2D eigenvalue weighted by Gasteiger charge is 2.00. The molecule has 0 saturated carbocycles. The second-order valence-corrected chi connectivity index (χ2v) is 8.01. The third kappa shape index (κ3) is 9.16. The maximum atomic E-state index is 6.05. The zero-order chi connectivity index (χ0) is 20.0. The van der Waals surface area contributed by atoms with Gasteiger partial charge in [0.2, 0.25) is 0 Å². The van der Waals surface area contributed by atoms with E-state index in [1.165, 1.54) is 49.7 Å². The van der Waals surface area contributed by atoms with E-state index >= 15 is 0 Å². The smallest absolute Gasteiger partial charge is 0.0595 e. The van der Waals surface area contributed by atoms with Crippen LogP contribution in [-0.2, 0) is 13.0 Å². The van der Waals surface area contributed by atoms with Crippen LogP contribution in [0.25, 0.3) is 0 Å². The number of hydrogen-bond donors (Lipinski definition) is 1. The van der Waals surface area contributed by atoms with Crippen molar-refractivity contribution in [3.8, 4) is 11.8 Å². The predicted molar refractivity (Wildman–Crippen MR) is 123 cm³/mol. The fourth-order valence-corrected chi connectivity index (χ4v) is 3.35. The molecule has 2 aromatic rings. The lowest BCUT2D eigenvalue weighted by molar-refractivity contribution is 0.614. The van der Waals surface area contributed by atoms with Crippen molar-refractivity contribution in [2.24, 2.45) is 0 Å². The van der Waals surface area contributed by atoms with Gasteiger partial charge in [0.1, 0.15) is 0 Å². The molecule has 0 aliphatic rings. The van der Waals surface area contributed by atoms with Crippen molar-refractivity contribution in [3.63, 3.8) is 0 Å². The summed E-state index contributed by atoms with van der Waals surface area (Å²) in [6.45, 7) is 4.01. The molecule has 0 unspecified atom stereocenters. The van der Waals surface area contributed by atoms with Gasteiger partial charge < -0.3 is 5.32 Å². The van der Waals surface area contributed by atoms with Gasteiger partial charge in [-0.25, -0.2) is 0 Å². The van der Waals surface area contributed by atoms with Crippen LogP contribution in [0.1, 0.15) is 68.6 Å². The van der Waals surface area contributed by atoms with Gasteiger partial charge in [0.15, 0.2) is 0 Å². The maximum Gasteiger partial charge on any atom is 0.0595 e. The second kappa shape index (κ2) is 13.7. The van der Waals surface area contributed by atoms with Crippen molar-refractivity contribution < 1.29 is 0 Å². The van der Waals surface area contributed by atoms with E-state index in [4.69, 9.17) is 23.2 Å². The van der Waals surface area contributed by atoms with Crippen molar-refractivity contribution in [2.75, 3.05) is 6.54 Å². The van der Waals surface area contributed by atoms with E-state index in [0.29, 0.717) is 10.0 Å². The Labute approximate surface area is 180 Å². The highest BCUT2D eigenvalue weighted by molar-refractivity contribution is 6.42. The quantitative estimate of drug-likeness (QED) is 0.297. The van der Waals surface area contributed by atoms with Crippen molar-refractivity contribution in [2.45, 2.75) is 64.8 Å². The summed E-state index contributed by atoms with van der Waals surface area (Å²) in [5.41, 5.74) is 3.57. The first-order valence-electron chi connectivity index (χ1n) is 10.4. The van der Waals surface area contributed by atoms with Gasteiger partial charge in [0.05, 0.1) is 10.0 Å². The fourth-order valence-electron chi connectivity index (χ4n) is 3.02. The van der Waals surface area contributed by atoms with Gasteiger partial charge in [-0.1, -0.05) is 92.3 Å². The minimum atomic E-state index is 0.605. The number of hydrogen-bond acceptors (Lipinski definition) is 1. The van der Waals surface area contributed by atoms with Crippen LogP contribution in [0, 0.1) is 11.8 Å². The topological polar surface area (TPSA) is 12.0 Å². The molecule has 0 atom stereocenters. The Balaban J connectivity index is 1.63. The van der Waals surface area contributed by atoms with Crippen LogP contribution >= 0.6 is 23.2 Å². The van der Waals surface area contributed by atoms with E-state index in [1.54, 1.807) is 0 Å². The summed E-state index contributed by atoms with van der Waals surface area (Å²) < 4.78 is 0. The zero-order valence-corrected chi connectivity index (χ0v) is 18.4. The van der Waals surface area contributed by atoms with Crippen LogP contribution in [0.3, 0.4) is 0 Å². The molecule has 0 fully saturated rings. The minimum Gasteiger partial charge on any atom is -0.312 e. The number of benzene rings is 2. The van der Waals surface area contributed by atoms with E-state index in [2.05, 4.69) is 48.3 Å². The average molecular weight is 416 g/mol. The molecule has 2 rings (SSSR count). The van der Waals surface area contributed by atoms with Crippen molar-refractivity contribution in [1.29, 1.82) is 0 Å². The highest BCUT2D eigenvalue weighted by Crippen LogP contribution is 2.22. The van der Waals surface area contributed by atoms with E-state index in [9.17, 15) is 0 Å². The summed E-state index contributed by atoms with van der Waals surface area (Å²) in [5.74, 6) is 6.58. The number of rotatable bonds is 11. The SMILES string of the molecule is CCCCCCCCC#Cc1ccc(CNCCc2ccc(Cl)c(Cl)c2)cc1. The summed E-state index contributed by atoms with van der Waals surface area (Å²) in [6.07, 6.45) is 9.85. The van der Waals surface area contributed by atoms with E-state index in [1.807, 2.05) is 18.2 Å². The molecule has 150 valence electrons. The van der Waals surface area contributed by atoms with E-state index in [-0.39, 0.29) is 0 Å². The lowest BCUT2D eigenvalue weighted by atomic mass is 10.1. The standard InChI is InChI=1S/C25H31Cl2N/c1-2-3-4-5-6-7-8-9-10-21-11-13-23(14-12-21)20-28-18-17-22-15-16-24(26)25(27)19-22/h11-16,19,28H,2-8,17-18,20H2,1H3. The summed E-state index contributed by atoms with van der Waals surface area (Å²) in [4.78, 5) is 0. The van der Waals surface area contributed by atoms with Gasteiger partial charge in [-0.15, -0.1) is 0 Å². The van der Waals surface area contributed by atoms with Crippen LogP contribution in [0.15, 0.2) is 42.5 Å². The van der Waals surface area contributed by atoms with Gasteiger partial charge in [-0.3, -0.25) is 0 Å². The first-order valence-corrected chi connectivity index (χ1v) is 11.2. The van der Waals surface area contributed by atoms with Gasteiger partial charge in [-0.05, 0) is 54.8 Å². The highest BCUT2D eigenvalue weighted by atomic mass is 35.5. The van der Waals surface area contributed by atoms with Crippen molar-refractivity contribution >= 4 is 23.2 Å². The fraction of sp³-hybridized carbons (Fsp3) is 0.440. The summed E-state index contributed by atoms with van der Waals surface area (Å²) >= 11 is 12.0. The molecule has 0 aliphatic carbocycles. The molecule has 0 aromatic heterocycles. The Hall–Kier alpha value is -1.46. The van der Waals surface area contributed by atoms with E-state index in [0.717, 1.165) is 31.5 Å². The molecule has 28 heavy (non-hydrogen) atoms. The van der Waals surface area contributed by atoms with Crippen LogP contribution in [0.2, 0.25) is 10.0 Å². The first kappa shape index (κ1) is 22.8. The normalized spacial score (nSPS) is 10.5. The lowest BCUT2D eigenvalue weighted by Gasteiger charge is -2.06. The van der Waals surface area contributed by atoms with Gasteiger partial charge in [-0.2, -0.15) is 0 Å². The minimum absolute atomic E-state index is 0.605. The molecule has 3 heteroatoms. The molecule has 0 radical (unpaired) electrons. The Bertz CT molecular complexity index is 756. The van der Waals surface area contributed by atoms with Gasteiger partial charge in [0.25, 0.3) is 0 Å². The first-order chi connectivity index (χ1) is 13.7. The number of unbranched alkanes of at least 4 members (excludes halogenated alkanes) is 6.